The maximum Gasteiger partial charge on any atom is 0.313 e. The summed E-state index contributed by atoms with van der Waals surface area (Å²) in [6, 6.07) is 0. The normalized spacial score (nSPS) is 34.9. The zero-order valence-corrected chi connectivity index (χ0v) is 16.0. The molecule has 0 radical (unpaired) electrons. The van der Waals surface area contributed by atoms with Crippen LogP contribution in [0, 0.1) is 16.2 Å². The number of esters is 2. The maximum absolute atomic E-state index is 13.1. The van der Waals surface area contributed by atoms with Crippen LogP contribution in [0.1, 0.15) is 81.1 Å². The zero-order chi connectivity index (χ0) is 17.9. The van der Waals surface area contributed by atoms with Crippen LogP contribution in [0.3, 0.4) is 0 Å². The highest BCUT2D eigenvalue weighted by Gasteiger charge is 2.69. The molecule has 0 spiro atoms. The molecule has 1 heterocycles. The summed E-state index contributed by atoms with van der Waals surface area (Å²) in [7, 11) is 0. The largest absolute Gasteiger partial charge is 0.455 e. The van der Waals surface area contributed by atoms with Crippen molar-refractivity contribution in [2.75, 3.05) is 0 Å². The minimum atomic E-state index is -0.900. The van der Waals surface area contributed by atoms with Crippen molar-refractivity contribution in [2.45, 2.75) is 92.3 Å². The highest BCUT2D eigenvalue weighted by molar-refractivity contribution is 5.83. The summed E-state index contributed by atoms with van der Waals surface area (Å²) in [6.07, 6.45) is 2.79. The monoisotopic (exact) mass is 324 g/mol. The summed E-state index contributed by atoms with van der Waals surface area (Å²) >= 11 is 0. The Labute approximate surface area is 140 Å². The Morgan fingerprint density at radius 2 is 1.74 bits per heavy atom. The lowest BCUT2D eigenvalue weighted by Crippen LogP contribution is -2.49. The molecule has 2 rings (SSSR count). The van der Waals surface area contributed by atoms with Gasteiger partial charge in [0, 0.05) is 0 Å². The number of rotatable bonds is 5. The van der Waals surface area contributed by atoms with Crippen molar-refractivity contribution >= 4 is 11.9 Å². The van der Waals surface area contributed by atoms with Crippen LogP contribution in [0.4, 0.5) is 0 Å². The topological polar surface area (TPSA) is 52.6 Å². The van der Waals surface area contributed by atoms with Crippen molar-refractivity contribution in [3.63, 3.8) is 0 Å². The van der Waals surface area contributed by atoms with Crippen LogP contribution in [0.5, 0.6) is 0 Å². The van der Waals surface area contributed by atoms with Gasteiger partial charge in [-0.3, -0.25) is 9.59 Å². The van der Waals surface area contributed by atoms with E-state index >= 15 is 0 Å². The third-order valence-electron chi connectivity index (χ3n) is 6.48. The maximum atomic E-state index is 13.1. The van der Waals surface area contributed by atoms with Gasteiger partial charge in [0.05, 0.1) is 11.8 Å². The fourth-order valence-corrected chi connectivity index (χ4v) is 3.75. The Morgan fingerprint density at radius 1 is 1.22 bits per heavy atom. The van der Waals surface area contributed by atoms with Crippen molar-refractivity contribution < 1.29 is 19.1 Å². The molecule has 1 aliphatic carbocycles. The number of carbonyl (C=O) groups excluding carboxylic acids is 2. The van der Waals surface area contributed by atoms with Gasteiger partial charge in [0.15, 0.2) is 5.60 Å². The molecule has 1 aliphatic heterocycles. The molecule has 0 amide bonds. The van der Waals surface area contributed by atoms with E-state index in [2.05, 4.69) is 34.6 Å². The van der Waals surface area contributed by atoms with Gasteiger partial charge < -0.3 is 9.47 Å². The van der Waals surface area contributed by atoms with E-state index in [0.29, 0.717) is 0 Å². The number of carbonyl (C=O) groups is 2. The summed E-state index contributed by atoms with van der Waals surface area (Å²) in [5.41, 5.74) is -2.10. The number of ether oxygens (including phenoxy) is 2. The van der Waals surface area contributed by atoms with Crippen LogP contribution in [0.25, 0.3) is 0 Å². The minimum absolute atomic E-state index is 0.0551. The van der Waals surface area contributed by atoms with E-state index in [1.807, 2.05) is 20.8 Å². The predicted molar refractivity (Wildman–Crippen MR) is 88.8 cm³/mol. The van der Waals surface area contributed by atoms with Crippen LogP contribution >= 0.6 is 0 Å². The van der Waals surface area contributed by atoms with E-state index in [9.17, 15) is 9.59 Å². The second kappa shape index (κ2) is 4.97. The number of hydrogen-bond donors (Lipinski definition) is 0. The molecule has 4 nitrogen and oxygen atoms in total. The summed E-state index contributed by atoms with van der Waals surface area (Å²) in [5.74, 6) is -0.471. The Morgan fingerprint density at radius 3 is 2.09 bits per heavy atom. The van der Waals surface area contributed by atoms with Gasteiger partial charge in [-0.2, -0.15) is 0 Å². The molecule has 0 aromatic rings. The average Bonchev–Trinajstić information content (AvgIpc) is 2.81. The lowest BCUT2D eigenvalue weighted by Gasteiger charge is -2.37. The lowest BCUT2D eigenvalue weighted by atomic mass is 9.76. The van der Waals surface area contributed by atoms with Gasteiger partial charge in [-0.05, 0) is 44.4 Å². The molecule has 0 bridgehead atoms. The third kappa shape index (κ3) is 2.89. The Bertz CT molecular complexity index is 531. The fraction of sp³-hybridized carbons (Fsp3) is 0.895. The molecule has 1 saturated heterocycles. The van der Waals surface area contributed by atoms with Gasteiger partial charge in [-0.15, -0.1) is 0 Å². The van der Waals surface area contributed by atoms with E-state index in [4.69, 9.17) is 9.47 Å². The van der Waals surface area contributed by atoms with E-state index in [1.165, 1.54) is 0 Å². The van der Waals surface area contributed by atoms with Crippen molar-refractivity contribution in [3.05, 3.63) is 0 Å². The molecule has 0 aromatic heterocycles. The Kier molecular flexibility index (Phi) is 3.95. The van der Waals surface area contributed by atoms with E-state index < -0.39 is 16.6 Å². The van der Waals surface area contributed by atoms with E-state index in [0.717, 1.165) is 19.3 Å². The van der Waals surface area contributed by atoms with Crippen LogP contribution < -0.4 is 0 Å². The molecule has 0 aromatic carbocycles. The van der Waals surface area contributed by atoms with E-state index in [-0.39, 0.29) is 29.2 Å². The molecule has 2 aliphatic rings. The third-order valence-corrected chi connectivity index (χ3v) is 6.48. The van der Waals surface area contributed by atoms with Crippen molar-refractivity contribution in [2.24, 2.45) is 16.2 Å². The van der Waals surface area contributed by atoms with Gasteiger partial charge in [0.1, 0.15) is 5.60 Å². The average molecular weight is 324 g/mol. The second-order valence-corrected chi connectivity index (χ2v) is 9.62. The molecule has 2 unspecified atom stereocenters. The SMILES string of the molecule is CCC(C)(C)CC1(C(=O)OC2(C)CC(=O)OC2(C)C)CC1(C)C. The summed E-state index contributed by atoms with van der Waals surface area (Å²) in [4.78, 5) is 24.8. The lowest BCUT2D eigenvalue weighted by molar-refractivity contribution is -0.184. The first-order valence-electron chi connectivity index (χ1n) is 8.66. The van der Waals surface area contributed by atoms with Crippen molar-refractivity contribution in [1.82, 2.24) is 0 Å². The minimum Gasteiger partial charge on any atom is -0.455 e. The van der Waals surface area contributed by atoms with Gasteiger partial charge in [0.2, 0.25) is 0 Å². The van der Waals surface area contributed by atoms with Gasteiger partial charge in [0.25, 0.3) is 0 Å². The van der Waals surface area contributed by atoms with Crippen molar-refractivity contribution in [1.29, 1.82) is 0 Å². The highest BCUT2D eigenvalue weighted by Crippen LogP contribution is 2.69. The molecule has 23 heavy (non-hydrogen) atoms. The zero-order valence-electron chi connectivity index (χ0n) is 16.0. The first-order valence-corrected chi connectivity index (χ1v) is 8.66. The van der Waals surface area contributed by atoms with Crippen molar-refractivity contribution in [3.8, 4) is 0 Å². The quantitative estimate of drug-likeness (QED) is 0.709. The Hall–Kier alpha value is -1.06. The standard InChI is InChI=1S/C19H32O4/c1-9-15(2,3)11-19(12-16(19,4)5)14(21)23-18(8)10-13(20)22-17(18,6)7/h9-12H2,1-8H3. The molecule has 132 valence electrons. The Balaban J connectivity index is 2.23. The molecule has 4 heteroatoms. The fourth-order valence-electron chi connectivity index (χ4n) is 3.75. The number of hydrogen-bond acceptors (Lipinski definition) is 4. The molecule has 2 atom stereocenters. The molecular formula is C19H32O4. The molecule has 0 N–H and O–H groups in total. The summed E-state index contributed by atoms with van der Waals surface area (Å²) in [5, 5.41) is 0. The van der Waals surface area contributed by atoms with Gasteiger partial charge in [-0.25, -0.2) is 0 Å². The highest BCUT2D eigenvalue weighted by atomic mass is 16.6. The smallest absolute Gasteiger partial charge is 0.313 e. The first-order chi connectivity index (χ1) is 10.2. The second-order valence-electron chi connectivity index (χ2n) is 9.62. The van der Waals surface area contributed by atoms with E-state index in [1.54, 1.807) is 0 Å². The summed E-state index contributed by atoms with van der Waals surface area (Å²) < 4.78 is 11.3. The predicted octanol–water partition coefficient (Wildman–Crippen LogP) is 4.26. The van der Waals surface area contributed by atoms with Gasteiger partial charge in [-0.1, -0.05) is 41.0 Å². The first kappa shape index (κ1) is 18.3. The molecule has 2 fully saturated rings. The van der Waals surface area contributed by atoms with Crippen LogP contribution in [-0.2, 0) is 19.1 Å². The van der Waals surface area contributed by atoms with Crippen LogP contribution in [-0.4, -0.2) is 23.1 Å². The van der Waals surface area contributed by atoms with Crippen LogP contribution in [0.15, 0.2) is 0 Å². The van der Waals surface area contributed by atoms with Crippen LogP contribution in [0.2, 0.25) is 0 Å². The summed E-state index contributed by atoms with van der Waals surface area (Å²) in [6.45, 7) is 16.2. The van der Waals surface area contributed by atoms with Gasteiger partial charge >= 0.3 is 11.9 Å². The molecular weight excluding hydrogens is 292 g/mol. The number of cyclic esters (lactones) is 1. The molecule has 1 saturated carbocycles.